The Morgan fingerprint density at radius 1 is 1.08 bits per heavy atom. The number of carbonyl (C=O) groups is 2. The zero-order valence-corrected chi connectivity index (χ0v) is 21.0. The van der Waals surface area contributed by atoms with Crippen molar-refractivity contribution in [2.75, 3.05) is 6.54 Å². The summed E-state index contributed by atoms with van der Waals surface area (Å²) in [6.45, 7) is 5.99. The number of aliphatic hydroxyl groups excluding tert-OH is 1. The molecule has 0 aliphatic heterocycles. The van der Waals surface area contributed by atoms with Crippen LogP contribution in [0, 0.1) is 5.92 Å². The number of hydrogen-bond donors (Lipinski definition) is 2. The van der Waals surface area contributed by atoms with Crippen LogP contribution < -0.4 is 5.32 Å². The molecule has 0 bridgehead atoms. The second-order valence-electron chi connectivity index (χ2n) is 9.50. The van der Waals surface area contributed by atoms with Crippen LogP contribution in [0.25, 0.3) is 11.1 Å². The molecule has 1 aromatic heterocycles. The highest BCUT2D eigenvalue weighted by atomic mass is 16.6. The van der Waals surface area contributed by atoms with Crippen molar-refractivity contribution < 1.29 is 28.6 Å². The van der Waals surface area contributed by atoms with Crippen molar-refractivity contribution in [1.82, 2.24) is 10.3 Å². The van der Waals surface area contributed by atoms with Gasteiger partial charge in [-0.05, 0) is 51.3 Å². The molecule has 0 radical (unpaired) electrons. The first-order valence-electron chi connectivity index (χ1n) is 12.1. The SMILES string of the molecule is CC(C)(C)OC(=O)NCC/C=C/C[C@H](CC(=O)OCc1ccccc1)C(O)c1nc2ccccc2o1. The first-order chi connectivity index (χ1) is 17.2. The number of alkyl carbamates (subject to hydrolysis) is 1. The summed E-state index contributed by atoms with van der Waals surface area (Å²) >= 11 is 0. The number of oxazole rings is 1. The van der Waals surface area contributed by atoms with Gasteiger partial charge in [-0.15, -0.1) is 0 Å². The van der Waals surface area contributed by atoms with Crippen LogP contribution in [0.15, 0.2) is 71.2 Å². The highest BCUT2D eigenvalue weighted by Gasteiger charge is 2.28. The van der Waals surface area contributed by atoms with Gasteiger partial charge in [0.05, 0.1) is 6.42 Å². The van der Waals surface area contributed by atoms with Crippen LogP contribution in [-0.2, 0) is 20.9 Å². The number of rotatable bonds is 11. The van der Waals surface area contributed by atoms with Gasteiger partial charge in [0.25, 0.3) is 0 Å². The van der Waals surface area contributed by atoms with E-state index in [-0.39, 0.29) is 18.9 Å². The molecule has 2 N–H and O–H groups in total. The van der Waals surface area contributed by atoms with Crippen LogP contribution in [0.2, 0.25) is 0 Å². The van der Waals surface area contributed by atoms with E-state index in [1.54, 1.807) is 32.9 Å². The lowest BCUT2D eigenvalue weighted by molar-refractivity contribution is -0.147. The van der Waals surface area contributed by atoms with Gasteiger partial charge in [0.15, 0.2) is 5.58 Å². The van der Waals surface area contributed by atoms with Gasteiger partial charge in [-0.3, -0.25) is 4.79 Å². The third kappa shape index (κ3) is 8.85. The maximum Gasteiger partial charge on any atom is 0.407 e. The van der Waals surface area contributed by atoms with Crippen molar-refractivity contribution >= 4 is 23.2 Å². The summed E-state index contributed by atoms with van der Waals surface area (Å²) in [6.07, 6.45) is 3.16. The van der Waals surface area contributed by atoms with E-state index < -0.39 is 29.7 Å². The summed E-state index contributed by atoms with van der Waals surface area (Å²) in [6, 6.07) is 16.7. The van der Waals surface area contributed by atoms with E-state index >= 15 is 0 Å². The number of para-hydroxylation sites is 2. The molecule has 0 saturated carbocycles. The topological polar surface area (TPSA) is 111 Å². The molecule has 2 aromatic carbocycles. The molecule has 0 spiro atoms. The molecule has 3 rings (SSSR count). The number of nitrogens with one attached hydrogen (secondary N) is 1. The van der Waals surface area contributed by atoms with E-state index in [9.17, 15) is 14.7 Å². The predicted octanol–water partition coefficient (Wildman–Crippen LogP) is 5.47. The summed E-state index contributed by atoms with van der Waals surface area (Å²) in [5, 5.41) is 13.7. The number of esters is 1. The fourth-order valence-electron chi connectivity index (χ4n) is 3.51. The Balaban J connectivity index is 1.58. The van der Waals surface area contributed by atoms with E-state index in [0.29, 0.717) is 30.5 Å². The Hall–Kier alpha value is -3.65. The highest BCUT2D eigenvalue weighted by Crippen LogP contribution is 2.30. The summed E-state index contributed by atoms with van der Waals surface area (Å²) < 4.78 is 16.4. The monoisotopic (exact) mass is 494 g/mol. The Bertz CT molecular complexity index is 1120. The number of carbonyl (C=O) groups excluding carboxylic acids is 2. The molecular weight excluding hydrogens is 460 g/mol. The zero-order chi connectivity index (χ0) is 26.0. The number of aliphatic hydroxyl groups is 1. The van der Waals surface area contributed by atoms with Crippen molar-refractivity contribution in [3.8, 4) is 0 Å². The molecule has 192 valence electrons. The van der Waals surface area contributed by atoms with Crippen LogP contribution in [0.3, 0.4) is 0 Å². The van der Waals surface area contributed by atoms with E-state index in [0.717, 1.165) is 5.56 Å². The van der Waals surface area contributed by atoms with E-state index in [1.807, 2.05) is 54.6 Å². The van der Waals surface area contributed by atoms with Crippen LogP contribution in [-0.4, -0.2) is 34.3 Å². The van der Waals surface area contributed by atoms with Crippen molar-refractivity contribution in [1.29, 1.82) is 0 Å². The minimum absolute atomic E-state index is 0.00672. The fraction of sp³-hybridized carbons (Fsp3) is 0.393. The second kappa shape index (κ2) is 12.9. The van der Waals surface area contributed by atoms with Crippen molar-refractivity contribution in [2.45, 2.75) is 58.3 Å². The minimum atomic E-state index is -1.09. The molecule has 1 unspecified atom stereocenters. The zero-order valence-electron chi connectivity index (χ0n) is 21.0. The molecule has 36 heavy (non-hydrogen) atoms. The molecule has 1 heterocycles. The molecule has 8 heteroatoms. The number of hydrogen-bond acceptors (Lipinski definition) is 7. The lowest BCUT2D eigenvalue weighted by atomic mass is 9.94. The molecule has 0 fully saturated rings. The third-order valence-electron chi connectivity index (χ3n) is 5.27. The van der Waals surface area contributed by atoms with Crippen LogP contribution in [0.4, 0.5) is 4.79 Å². The van der Waals surface area contributed by atoms with Gasteiger partial charge in [-0.25, -0.2) is 9.78 Å². The van der Waals surface area contributed by atoms with Gasteiger partial charge in [-0.2, -0.15) is 0 Å². The average molecular weight is 495 g/mol. The summed E-state index contributed by atoms with van der Waals surface area (Å²) in [7, 11) is 0. The molecular formula is C28H34N2O6. The summed E-state index contributed by atoms with van der Waals surface area (Å²) in [4.78, 5) is 28.7. The molecule has 0 saturated heterocycles. The standard InChI is InChI=1S/C28H34N2O6/c1-28(2,3)36-27(33)29-17-11-5-8-14-21(18-24(31)34-19-20-12-6-4-7-13-20)25(32)26-30-22-15-9-10-16-23(22)35-26/h4-10,12-13,15-16,21,25,32H,11,14,17-19H2,1-3H3,(H,29,33)/b8-5+/t21-,25?/m1/s1. The minimum Gasteiger partial charge on any atom is -0.461 e. The first kappa shape index (κ1) is 26.9. The van der Waals surface area contributed by atoms with Gasteiger partial charge < -0.3 is 24.3 Å². The van der Waals surface area contributed by atoms with Gasteiger partial charge >= 0.3 is 12.1 Å². The summed E-state index contributed by atoms with van der Waals surface area (Å²) in [5.41, 5.74) is 1.55. The Kier molecular flexibility index (Phi) is 9.64. The number of fused-ring (bicyclic) bond motifs is 1. The normalized spacial score (nSPS) is 13.4. The number of amides is 1. The number of ether oxygens (including phenoxy) is 2. The predicted molar refractivity (Wildman–Crippen MR) is 136 cm³/mol. The average Bonchev–Trinajstić information content (AvgIpc) is 3.27. The molecule has 1 amide bonds. The third-order valence-corrected chi connectivity index (χ3v) is 5.27. The number of allylic oxidation sites excluding steroid dienone is 1. The van der Waals surface area contributed by atoms with Crippen LogP contribution in [0.5, 0.6) is 0 Å². The Morgan fingerprint density at radius 2 is 1.81 bits per heavy atom. The van der Waals surface area contributed by atoms with E-state index in [1.165, 1.54) is 0 Å². The Morgan fingerprint density at radius 3 is 2.53 bits per heavy atom. The van der Waals surface area contributed by atoms with Gasteiger partial charge in [0, 0.05) is 12.5 Å². The first-order valence-corrected chi connectivity index (χ1v) is 12.1. The lowest BCUT2D eigenvalue weighted by Crippen LogP contribution is -2.32. The lowest BCUT2D eigenvalue weighted by Gasteiger charge is -2.19. The highest BCUT2D eigenvalue weighted by molar-refractivity contribution is 5.72. The smallest absolute Gasteiger partial charge is 0.407 e. The summed E-state index contributed by atoms with van der Waals surface area (Å²) in [5.74, 6) is -0.757. The van der Waals surface area contributed by atoms with E-state index in [4.69, 9.17) is 13.9 Å². The quantitative estimate of drug-likeness (QED) is 0.206. The molecule has 0 aliphatic carbocycles. The van der Waals surface area contributed by atoms with Gasteiger partial charge in [0.1, 0.15) is 23.8 Å². The molecule has 3 aromatic rings. The largest absolute Gasteiger partial charge is 0.461 e. The Labute approximate surface area is 211 Å². The number of nitrogens with zero attached hydrogens (tertiary/aromatic N) is 1. The maximum absolute atomic E-state index is 12.6. The maximum atomic E-state index is 12.6. The molecule has 2 atom stereocenters. The van der Waals surface area contributed by atoms with Crippen molar-refractivity contribution in [3.63, 3.8) is 0 Å². The van der Waals surface area contributed by atoms with Gasteiger partial charge in [0.2, 0.25) is 5.89 Å². The number of benzene rings is 2. The molecule has 8 nitrogen and oxygen atoms in total. The number of aromatic nitrogens is 1. The molecule has 0 aliphatic rings. The fourth-order valence-corrected chi connectivity index (χ4v) is 3.51. The van der Waals surface area contributed by atoms with Crippen LogP contribution in [0.1, 0.15) is 57.6 Å². The van der Waals surface area contributed by atoms with Crippen molar-refractivity contribution in [2.24, 2.45) is 5.92 Å². The van der Waals surface area contributed by atoms with Gasteiger partial charge in [-0.1, -0.05) is 54.6 Å². The second-order valence-corrected chi connectivity index (χ2v) is 9.50. The van der Waals surface area contributed by atoms with Crippen molar-refractivity contribution in [3.05, 3.63) is 78.2 Å². The van der Waals surface area contributed by atoms with Crippen LogP contribution >= 0.6 is 0 Å². The van der Waals surface area contributed by atoms with E-state index in [2.05, 4.69) is 10.3 Å².